The van der Waals surface area contributed by atoms with Gasteiger partial charge in [0.15, 0.2) is 0 Å². The van der Waals surface area contributed by atoms with Crippen molar-refractivity contribution in [2.24, 2.45) is 0 Å². The number of hydrogen-bond acceptors (Lipinski definition) is 2. The van der Waals surface area contributed by atoms with Crippen LogP contribution in [0.1, 0.15) is 16.8 Å². The van der Waals surface area contributed by atoms with Gasteiger partial charge in [0.2, 0.25) is 5.56 Å². The standard InChI is InChI=1S/C14H16N2O/c1-8-4-11(5-9(2)14(8)15)12-6-10(3)16-13(17)7-12/h4-7H,15H2,1-3H3,(H,16,17). The van der Waals surface area contributed by atoms with Crippen LogP contribution in [0.15, 0.2) is 29.1 Å². The summed E-state index contributed by atoms with van der Waals surface area (Å²) in [6.07, 6.45) is 0. The predicted molar refractivity (Wildman–Crippen MR) is 71.1 cm³/mol. The van der Waals surface area contributed by atoms with Crippen molar-refractivity contribution in [3.8, 4) is 11.1 Å². The zero-order valence-electron chi connectivity index (χ0n) is 10.3. The molecule has 0 amide bonds. The van der Waals surface area contributed by atoms with Crippen molar-refractivity contribution in [3.05, 3.63) is 51.4 Å². The molecule has 0 aliphatic heterocycles. The van der Waals surface area contributed by atoms with Gasteiger partial charge in [-0.05, 0) is 61.2 Å². The minimum Gasteiger partial charge on any atom is -0.398 e. The van der Waals surface area contributed by atoms with Gasteiger partial charge in [0.25, 0.3) is 0 Å². The lowest BCUT2D eigenvalue weighted by molar-refractivity contribution is 1.14. The van der Waals surface area contributed by atoms with Gasteiger partial charge in [-0.15, -0.1) is 0 Å². The number of nitrogens with one attached hydrogen (secondary N) is 1. The fourth-order valence-electron chi connectivity index (χ4n) is 1.99. The summed E-state index contributed by atoms with van der Waals surface area (Å²) in [4.78, 5) is 14.2. The molecule has 1 aromatic heterocycles. The summed E-state index contributed by atoms with van der Waals surface area (Å²) < 4.78 is 0. The zero-order valence-corrected chi connectivity index (χ0v) is 10.3. The first-order valence-electron chi connectivity index (χ1n) is 5.55. The molecular weight excluding hydrogens is 212 g/mol. The number of aryl methyl sites for hydroxylation is 3. The average Bonchev–Trinajstić information content (AvgIpc) is 2.23. The number of nitrogens with two attached hydrogens (primary N) is 1. The maximum atomic E-state index is 11.4. The molecule has 0 radical (unpaired) electrons. The van der Waals surface area contributed by atoms with Crippen LogP contribution in [-0.2, 0) is 0 Å². The van der Waals surface area contributed by atoms with E-state index in [1.54, 1.807) is 6.07 Å². The fraction of sp³-hybridized carbons (Fsp3) is 0.214. The second-order valence-corrected chi connectivity index (χ2v) is 4.44. The Morgan fingerprint density at radius 2 is 1.47 bits per heavy atom. The molecule has 2 rings (SSSR count). The Hall–Kier alpha value is -2.03. The van der Waals surface area contributed by atoms with Crippen LogP contribution < -0.4 is 11.3 Å². The van der Waals surface area contributed by atoms with Crippen LogP contribution in [0.2, 0.25) is 0 Å². The summed E-state index contributed by atoms with van der Waals surface area (Å²) in [5, 5.41) is 0. The van der Waals surface area contributed by atoms with Crippen LogP contribution in [0.3, 0.4) is 0 Å². The molecule has 17 heavy (non-hydrogen) atoms. The van der Waals surface area contributed by atoms with Crippen LogP contribution in [0.4, 0.5) is 5.69 Å². The first-order valence-corrected chi connectivity index (χ1v) is 5.55. The summed E-state index contributed by atoms with van der Waals surface area (Å²) >= 11 is 0. The van der Waals surface area contributed by atoms with Crippen molar-refractivity contribution in [1.29, 1.82) is 0 Å². The molecule has 0 atom stereocenters. The molecule has 1 heterocycles. The average molecular weight is 228 g/mol. The third-order valence-electron chi connectivity index (χ3n) is 2.91. The first kappa shape index (κ1) is 11.5. The first-order chi connectivity index (χ1) is 7.97. The molecule has 1 aromatic carbocycles. The maximum absolute atomic E-state index is 11.4. The van der Waals surface area contributed by atoms with Crippen LogP contribution >= 0.6 is 0 Å². The molecule has 0 fully saturated rings. The quantitative estimate of drug-likeness (QED) is 0.737. The van der Waals surface area contributed by atoms with Crippen molar-refractivity contribution in [2.75, 3.05) is 5.73 Å². The second kappa shape index (κ2) is 4.09. The Morgan fingerprint density at radius 1 is 0.941 bits per heavy atom. The van der Waals surface area contributed by atoms with Crippen molar-refractivity contribution in [2.45, 2.75) is 20.8 Å². The topological polar surface area (TPSA) is 58.9 Å². The molecule has 0 bridgehead atoms. The van der Waals surface area contributed by atoms with Gasteiger partial charge in [-0.2, -0.15) is 0 Å². The van der Waals surface area contributed by atoms with E-state index in [4.69, 9.17) is 5.73 Å². The SMILES string of the molecule is Cc1cc(-c2cc(C)c(N)c(C)c2)cc(=O)[nH]1. The van der Waals surface area contributed by atoms with Crippen LogP contribution in [0.25, 0.3) is 11.1 Å². The minimum atomic E-state index is -0.0767. The van der Waals surface area contributed by atoms with E-state index in [0.29, 0.717) is 0 Å². The lowest BCUT2D eigenvalue weighted by Crippen LogP contribution is -2.05. The summed E-state index contributed by atoms with van der Waals surface area (Å²) in [6, 6.07) is 7.59. The lowest BCUT2D eigenvalue weighted by atomic mass is 9.99. The van der Waals surface area contributed by atoms with Crippen LogP contribution in [-0.4, -0.2) is 4.98 Å². The number of anilines is 1. The molecule has 0 aliphatic rings. The highest BCUT2D eigenvalue weighted by atomic mass is 16.1. The number of H-pyrrole nitrogens is 1. The molecule has 0 unspecified atom stereocenters. The number of hydrogen-bond donors (Lipinski definition) is 2. The molecule has 3 nitrogen and oxygen atoms in total. The highest BCUT2D eigenvalue weighted by Gasteiger charge is 2.05. The second-order valence-electron chi connectivity index (χ2n) is 4.44. The molecular formula is C14H16N2O. The van der Waals surface area contributed by atoms with Gasteiger partial charge in [-0.3, -0.25) is 4.79 Å². The van der Waals surface area contributed by atoms with Crippen molar-refractivity contribution >= 4 is 5.69 Å². The van der Waals surface area contributed by atoms with Gasteiger partial charge >= 0.3 is 0 Å². The molecule has 3 heteroatoms. The number of pyridine rings is 1. The number of aromatic amines is 1. The monoisotopic (exact) mass is 228 g/mol. The van der Waals surface area contributed by atoms with Crippen LogP contribution in [0, 0.1) is 20.8 Å². The zero-order chi connectivity index (χ0) is 12.6. The van der Waals surface area contributed by atoms with E-state index in [1.807, 2.05) is 39.0 Å². The largest absolute Gasteiger partial charge is 0.398 e. The Morgan fingerprint density at radius 3 is 2.00 bits per heavy atom. The van der Waals surface area contributed by atoms with Crippen molar-refractivity contribution in [1.82, 2.24) is 4.98 Å². The van der Waals surface area contributed by atoms with Gasteiger partial charge < -0.3 is 10.7 Å². The summed E-state index contributed by atoms with van der Waals surface area (Å²) in [5.41, 5.74) is 11.6. The van der Waals surface area contributed by atoms with Crippen molar-refractivity contribution < 1.29 is 0 Å². The molecule has 0 aliphatic carbocycles. The van der Waals surface area contributed by atoms with E-state index in [2.05, 4.69) is 4.98 Å². The highest BCUT2D eigenvalue weighted by Crippen LogP contribution is 2.25. The predicted octanol–water partition coefficient (Wildman–Crippen LogP) is 2.55. The van der Waals surface area contributed by atoms with Crippen LogP contribution in [0.5, 0.6) is 0 Å². The third-order valence-corrected chi connectivity index (χ3v) is 2.91. The Kier molecular flexibility index (Phi) is 2.76. The number of rotatable bonds is 1. The Balaban J connectivity index is 2.64. The lowest BCUT2D eigenvalue weighted by Gasteiger charge is -2.09. The molecule has 0 saturated heterocycles. The molecule has 88 valence electrons. The van der Waals surface area contributed by atoms with Gasteiger partial charge in [0, 0.05) is 17.4 Å². The summed E-state index contributed by atoms with van der Waals surface area (Å²) in [5.74, 6) is 0. The van der Waals surface area contributed by atoms with Gasteiger partial charge in [-0.1, -0.05) is 0 Å². The maximum Gasteiger partial charge on any atom is 0.248 e. The molecule has 3 N–H and O–H groups in total. The van der Waals surface area contributed by atoms with Gasteiger partial charge in [-0.25, -0.2) is 0 Å². The number of aromatic nitrogens is 1. The highest BCUT2D eigenvalue weighted by molar-refractivity contribution is 5.70. The summed E-state index contributed by atoms with van der Waals surface area (Å²) in [6.45, 7) is 5.83. The van der Waals surface area contributed by atoms with E-state index in [0.717, 1.165) is 33.6 Å². The third kappa shape index (κ3) is 2.23. The van der Waals surface area contributed by atoms with Crippen molar-refractivity contribution in [3.63, 3.8) is 0 Å². The van der Waals surface area contributed by atoms with Gasteiger partial charge in [0.1, 0.15) is 0 Å². The molecule has 0 spiro atoms. The number of nitrogen functional groups attached to an aromatic ring is 1. The molecule has 2 aromatic rings. The number of benzene rings is 1. The summed E-state index contributed by atoms with van der Waals surface area (Å²) in [7, 11) is 0. The Labute approximate surface area is 100 Å². The normalized spacial score (nSPS) is 10.5. The van der Waals surface area contributed by atoms with E-state index >= 15 is 0 Å². The smallest absolute Gasteiger partial charge is 0.248 e. The van der Waals surface area contributed by atoms with E-state index in [-0.39, 0.29) is 5.56 Å². The Bertz CT molecular complexity index is 603. The molecule has 0 saturated carbocycles. The minimum absolute atomic E-state index is 0.0767. The van der Waals surface area contributed by atoms with E-state index in [1.165, 1.54) is 0 Å². The van der Waals surface area contributed by atoms with E-state index < -0.39 is 0 Å². The van der Waals surface area contributed by atoms with E-state index in [9.17, 15) is 4.79 Å². The fourth-order valence-corrected chi connectivity index (χ4v) is 1.99. The van der Waals surface area contributed by atoms with Gasteiger partial charge in [0.05, 0.1) is 0 Å².